The summed E-state index contributed by atoms with van der Waals surface area (Å²) in [7, 11) is 1.77. The number of hydrogen-bond acceptors (Lipinski definition) is 2. The second kappa shape index (κ2) is 3.45. The zero-order chi connectivity index (χ0) is 14.0. The monoisotopic (exact) mass is 268 g/mol. The van der Waals surface area contributed by atoms with Crippen molar-refractivity contribution in [2.45, 2.75) is 0 Å². The molecule has 0 N–H and O–H groups in total. The average molecular weight is 268 g/mol. The minimum Gasteiger partial charge on any atom is -0.342 e. The Morgan fingerprint density at radius 2 is 1.95 bits per heavy atom. The van der Waals surface area contributed by atoms with Crippen molar-refractivity contribution in [2.24, 2.45) is 7.05 Å². The van der Waals surface area contributed by atoms with Gasteiger partial charge in [0.05, 0.1) is 16.9 Å². The fourth-order valence-corrected chi connectivity index (χ4v) is 2.88. The first-order chi connectivity index (χ1) is 9.59. The molecule has 20 heavy (non-hydrogen) atoms. The molecule has 0 saturated heterocycles. The fraction of sp³-hybridized carbons (Fsp3) is 0.0667. The Balaban J connectivity index is 2.28. The molecule has 1 aliphatic rings. The Labute approximate surface area is 112 Å². The van der Waals surface area contributed by atoms with Crippen LogP contribution in [0, 0.1) is 5.82 Å². The van der Waals surface area contributed by atoms with E-state index in [-0.39, 0.29) is 16.9 Å². The first-order valence-corrected chi connectivity index (χ1v) is 6.14. The maximum absolute atomic E-state index is 13.4. The number of halogens is 1. The molecule has 0 unspecified atom stereocenters. The highest BCUT2D eigenvalue weighted by atomic mass is 19.1. The minimum atomic E-state index is -0.486. The third-order valence-corrected chi connectivity index (χ3v) is 3.79. The lowest BCUT2D eigenvalue weighted by Crippen LogP contribution is -2.19. The van der Waals surface area contributed by atoms with E-state index < -0.39 is 11.2 Å². The standard InChI is InChI=1S/C15H9FN2O2/c1-17-10-5-4-8(16)7-9(10)14(19)12-13(17)11-3-2-6-18(11)15(12)20/h2-7H,1H3. The molecule has 3 heterocycles. The van der Waals surface area contributed by atoms with Crippen molar-refractivity contribution >= 4 is 16.8 Å². The van der Waals surface area contributed by atoms with Crippen LogP contribution in [-0.2, 0) is 7.05 Å². The van der Waals surface area contributed by atoms with Gasteiger partial charge in [-0.2, -0.15) is 0 Å². The van der Waals surface area contributed by atoms with E-state index in [1.165, 1.54) is 16.7 Å². The summed E-state index contributed by atoms with van der Waals surface area (Å²) in [5, 5.41) is 0.227. The number of benzene rings is 1. The maximum atomic E-state index is 13.4. The number of carbonyl (C=O) groups excluding carboxylic acids is 1. The Morgan fingerprint density at radius 1 is 1.15 bits per heavy atom. The van der Waals surface area contributed by atoms with Crippen LogP contribution in [-0.4, -0.2) is 15.0 Å². The lowest BCUT2D eigenvalue weighted by molar-refractivity contribution is 0.0968. The molecule has 98 valence electrons. The SMILES string of the molecule is Cn1c2c(c(=O)c3cc(F)ccc31)C(=O)n1cccc1-2. The molecule has 0 saturated carbocycles. The van der Waals surface area contributed by atoms with E-state index in [0.29, 0.717) is 16.9 Å². The van der Waals surface area contributed by atoms with E-state index in [2.05, 4.69) is 0 Å². The topological polar surface area (TPSA) is 44.0 Å². The second-order valence-electron chi connectivity index (χ2n) is 4.84. The fourth-order valence-electron chi connectivity index (χ4n) is 2.88. The molecule has 0 atom stereocenters. The highest BCUT2D eigenvalue weighted by molar-refractivity contribution is 6.10. The summed E-state index contributed by atoms with van der Waals surface area (Å²) < 4.78 is 16.6. The van der Waals surface area contributed by atoms with Gasteiger partial charge < -0.3 is 4.57 Å². The van der Waals surface area contributed by atoms with E-state index in [1.807, 2.05) is 0 Å². The second-order valence-corrected chi connectivity index (χ2v) is 4.84. The summed E-state index contributed by atoms with van der Waals surface area (Å²) in [6.45, 7) is 0. The molecule has 4 rings (SSSR count). The highest BCUT2D eigenvalue weighted by Gasteiger charge is 2.31. The Morgan fingerprint density at radius 3 is 2.75 bits per heavy atom. The largest absolute Gasteiger partial charge is 0.342 e. The van der Waals surface area contributed by atoms with Gasteiger partial charge in [0, 0.05) is 18.6 Å². The van der Waals surface area contributed by atoms with Crippen LogP contribution in [0.15, 0.2) is 41.3 Å². The van der Waals surface area contributed by atoms with Crippen LogP contribution < -0.4 is 5.43 Å². The molecule has 3 aromatic rings. The predicted molar refractivity (Wildman–Crippen MR) is 72.3 cm³/mol. The number of hydrogen-bond donors (Lipinski definition) is 0. The number of rotatable bonds is 0. The molecule has 0 bridgehead atoms. The van der Waals surface area contributed by atoms with Crippen molar-refractivity contribution in [1.82, 2.24) is 9.13 Å². The number of aryl methyl sites for hydroxylation is 1. The predicted octanol–water partition coefficient (Wildman–Crippen LogP) is 2.15. The molecule has 1 aromatic carbocycles. The molecule has 4 nitrogen and oxygen atoms in total. The number of pyridine rings is 1. The van der Waals surface area contributed by atoms with Crippen LogP contribution in [0.1, 0.15) is 10.4 Å². The van der Waals surface area contributed by atoms with Gasteiger partial charge in [-0.3, -0.25) is 14.2 Å². The molecule has 2 aromatic heterocycles. The van der Waals surface area contributed by atoms with Gasteiger partial charge in [-0.25, -0.2) is 4.39 Å². The van der Waals surface area contributed by atoms with Crippen LogP contribution >= 0.6 is 0 Å². The van der Waals surface area contributed by atoms with Crippen molar-refractivity contribution in [1.29, 1.82) is 0 Å². The Bertz CT molecular complexity index is 966. The van der Waals surface area contributed by atoms with Crippen LogP contribution in [0.25, 0.3) is 22.3 Å². The summed E-state index contributed by atoms with van der Waals surface area (Å²) in [4.78, 5) is 24.8. The van der Waals surface area contributed by atoms with Crippen LogP contribution in [0.5, 0.6) is 0 Å². The molecule has 0 fully saturated rings. The molecule has 0 radical (unpaired) electrons. The minimum absolute atomic E-state index is 0.112. The zero-order valence-corrected chi connectivity index (χ0v) is 10.6. The van der Waals surface area contributed by atoms with Crippen molar-refractivity contribution in [2.75, 3.05) is 0 Å². The van der Waals surface area contributed by atoms with Gasteiger partial charge in [0.25, 0.3) is 5.91 Å². The van der Waals surface area contributed by atoms with Gasteiger partial charge in [0.1, 0.15) is 11.4 Å². The average Bonchev–Trinajstić information content (AvgIpc) is 2.99. The van der Waals surface area contributed by atoms with Crippen LogP contribution in [0.4, 0.5) is 4.39 Å². The van der Waals surface area contributed by atoms with Gasteiger partial charge in [-0.05, 0) is 30.3 Å². The Kier molecular flexibility index (Phi) is 1.92. The quantitative estimate of drug-likeness (QED) is 0.490. The third-order valence-electron chi connectivity index (χ3n) is 3.79. The summed E-state index contributed by atoms with van der Waals surface area (Å²) in [6, 6.07) is 7.60. The first kappa shape index (κ1) is 11.2. The zero-order valence-electron chi connectivity index (χ0n) is 10.6. The molecule has 1 aliphatic heterocycles. The molecular weight excluding hydrogens is 259 g/mol. The van der Waals surface area contributed by atoms with Crippen molar-refractivity contribution < 1.29 is 9.18 Å². The van der Waals surface area contributed by atoms with Gasteiger partial charge in [-0.1, -0.05) is 0 Å². The van der Waals surface area contributed by atoms with Crippen molar-refractivity contribution in [3.05, 3.63) is 58.1 Å². The van der Waals surface area contributed by atoms with Crippen LogP contribution in [0.2, 0.25) is 0 Å². The normalized spacial score (nSPS) is 12.8. The van der Waals surface area contributed by atoms with E-state index in [9.17, 15) is 14.0 Å². The van der Waals surface area contributed by atoms with E-state index >= 15 is 0 Å². The summed E-state index contributed by atoms with van der Waals surface area (Å²) >= 11 is 0. The van der Waals surface area contributed by atoms with E-state index in [0.717, 1.165) is 0 Å². The molecule has 0 spiro atoms. The van der Waals surface area contributed by atoms with Crippen LogP contribution in [0.3, 0.4) is 0 Å². The van der Waals surface area contributed by atoms with Crippen molar-refractivity contribution in [3.8, 4) is 11.4 Å². The molecule has 0 aliphatic carbocycles. The Hall–Kier alpha value is -2.69. The summed E-state index contributed by atoms with van der Waals surface area (Å²) in [5.74, 6) is -0.841. The summed E-state index contributed by atoms with van der Waals surface area (Å²) in [6.07, 6.45) is 1.63. The summed E-state index contributed by atoms with van der Waals surface area (Å²) in [5.41, 5.74) is 1.58. The molecular formula is C15H9FN2O2. The van der Waals surface area contributed by atoms with Gasteiger partial charge in [0.2, 0.25) is 5.43 Å². The van der Waals surface area contributed by atoms with E-state index in [4.69, 9.17) is 0 Å². The lowest BCUT2D eigenvalue weighted by Gasteiger charge is -2.10. The smallest absolute Gasteiger partial charge is 0.268 e. The van der Waals surface area contributed by atoms with Gasteiger partial charge in [0.15, 0.2) is 0 Å². The van der Waals surface area contributed by atoms with Crippen molar-refractivity contribution in [3.63, 3.8) is 0 Å². The third kappa shape index (κ3) is 1.15. The number of aromatic nitrogens is 2. The first-order valence-electron chi connectivity index (χ1n) is 6.14. The maximum Gasteiger partial charge on any atom is 0.268 e. The molecule has 5 heteroatoms. The lowest BCUT2D eigenvalue weighted by atomic mass is 10.1. The molecule has 0 amide bonds. The van der Waals surface area contributed by atoms with Gasteiger partial charge in [-0.15, -0.1) is 0 Å². The van der Waals surface area contributed by atoms with E-state index in [1.54, 1.807) is 36.0 Å². The van der Waals surface area contributed by atoms with Gasteiger partial charge >= 0.3 is 0 Å². The number of fused-ring (bicyclic) bond motifs is 4. The number of carbonyl (C=O) groups is 1. The number of nitrogens with zero attached hydrogens (tertiary/aromatic N) is 2. The highest BCUT2D eigenvalue weighted by Crippen LogP contribution is 2.32.